The van der Waals surface area contributed by atoms with Crippen molar-refractivity contribution in [3.63, 3.8) is 0 Å². The van der Waals surface area contributed by atoms with E-state index in [0.717, 1.165) is 6.07 Å². The molecule has 19 heavy (non-hydrogen) atoms. The molecule has 0 spiro atoms. The van der Waals surface area contributed by atoms with E-state index in [4.69, 9.17) is 5.11 Å². The zero-order valence-corrected chi connectivity index (χ0v) is 11.8. The topological polar surface area (TPSA) is 40.5 Å². The summed E-state index contributed by atoms with van der Waals surface area (Å²) < 4.78 is 27.5. The molecule has 1 saturated heterocycles. The average molecular weight is 334 g/mol. The minimum atomic E-state index is -0.866. The molecular formula is C13H14BrF2NO2. The van der Waals surface area contributed by atoms with Crippen molar-refractivity contribution in [2.75, 3.05) is 19.7 Å². The zero-order valence-electron chi connectivity index (χ0n) is 10.2. The van der Waals surface area contributed by atoms with E-state index in [0.29, 0.717) is 25.9 Å². The number of aliphatic hydroxyl groups is 1. The van der Waals surface area contributed by atoms with Crippen LogP contribution >= 0.6 is 15.9 Å². The lowest BCUT2D eigenvalue weighted by Gasteiger charge is -2.31. The SMILES string of the molecule is O=C(c1c(F)ccc(Br)c1F)N1CCC(CO)CC1. The van der Waals surface area contributed by atoms with E-state index in [-0.39, 0.29) is 17.0 Å². The third-order valence-electron chi connectivity index (χ3n) is 3.42. The van der Waals surface area contributed by atoms with Crippen LogP contribution in [-0.4, -0.2) is 35.6 Å². The Morgan fingerprint density at radius 3 is 2.58 bits per heavy atom. The number of benzene rings is 1. The minimum absolute atomic E-state index is 0.0718. The van der Waals surface area contributed by atoms with Crippen LogP contribution in [0.25, 0.3) is 0 Å². The molecule has 0 radical (unpaired) electrons. The summed E-state index contributed by atoms with van der Waals surface area (Å²) in [6, 6.07) is 2.31. The molecule has 3 nitrogen and oxygen atoms in total. The summed E-state index contributed by atoms with van der Waals surface area (Å²) in [7, 11) is 0. The van der Waals surface area contributed by atoms with E-state index in [2.05, 4.69) is 15.9 Å². The number of hydrogen-bond donors (Lipinski definition) is 1. The van der Waals surface area contributed by atoms with Gasteiger partial charge in [-0.25, -0.2) is 8.78 Å². The Labute approximate surface area is 118 Å². The van der Waals surface area contributed by atoms with Gasteiger partial charge in [0.2, 0.25) is 0 Å². The Hall–Kier alpha value is -1.01. The highest BCUT2D eigenvalue weighted by Gasteiger charge is 2.28. The van der Waals surface area contributed by atoms with Crippen LogP contribution in [0.5, 0.6) is 0 Å². The third kappa shape index (κ3) is 2.95. The molecule has 6 heteroatoms. The van der Waals surface area contributed by atoms with Crippen molar-refractivity contribution in [1.29, 1.82) is 0 Å². The number of halogens is 3. The van der Waals surface area contributed by atoms with Crippen LogP contribution in [0.1, 0.15) is 23.2 Å². The average Bonchev–Trinajstić information content (AvgIpc) is 2.43. The molecule has 0 aromatic heterocycles. The third-order valence-corrected chi connectivity index (χ3v) is 4.03. The van der Waals surface area contributed by atoms with Gasteiger partial charge in [0.15, 0.2) is 5.82 Å². The first-order valence-electron chi connectivity index (χ1n) is 6.08. The molecule has 1 aromatic rings. The monoisotopic (exact) mass is 333 g/mol. The van der Waals surface area contributed by atoms with Crippen LogP contribution in [0.4, 0.5) is 8.78 Å². The highest BCUT2D eigenvalue weighted by Crippen LogP contribution is 2.25. The quantitative estimate of drug-likeness (QED) is 0.845. The van der Waals surface area contributed by atoms with Gasteiger partial charge in [0.05, 0.1) is 4.47 Å². The van der Waals surface area contributed by atoms with Crippen molar-refractivity contribution in [1.82, 2.24) is 4.90 Å². The summed E-state index contributed by atoms with van der Waals surface area (Å²) in [4.78, 5) is 13.6. The fraction of sp³-hybridized carbons (Fsp3) is 0.462. The summed E-state index contributed by atoms with van der Waals surface area (Å²) in [6.07, 6.45) is 1.30. The lowest BCUT2D eigenvalue weighted by Crippen LogP contribution is -2.40. The molecular weight excluding hydrogens is 320 g/mol. The highest BCUT2D eigenvalue weighted by atomic mass is 79.9. The fourth-order valence-electron chi connectivity index (χ4n) is 2.20. The van der Waals surface area contributed by atoms with Gasteiger partial charge in [-0.1, -0.05) is 0 Å². The standard InChI is InChI=1S/C13H14BrF2NO2/c14-9-1-2-10(15)11(12(9)16)13(19)17-5-3-8(7-18)4-6-17/h1-2,8,18H,3-7H2. The Balaban J connectivity index is 2.19. The van der Waals surface area contributed by atoms with Crippen molar-refractivity contribution >= 4 is 21.8 Å². The first kappa shape index (κ1) is 14.4. The molecule has 1 amide bonds. The first-order valence-corrected chi connectivity index (χ1v) is 6.87. The number of carbonyl (C=O) groups excluding carboxylic acids is 1. The Kier molecular flexibility index (Phi) is 4.52. The second-order valence-corrected chi connectivity index (χ2v) is 5.49. The Morgan fingerprint density at radius 1 is 1.37 bits per heavy atom. The number of piperidine rings is 1. The van der Waals surface area contributed by atoms with Gasteiger partial charge in [-0.15, -0.1) is 0 Å². The lowest BCUT2D eigenvalue weighted by molar-refractivity contribution is 0.0641. The van der Waals surface area contributed by atoms with Gasteiger partial charge in [0.25, 0.3) is 5.91 Å². The first-order chi connectivity index (χ1) is 9.04. The maximum Gasteiger partial charge on any atom is 0.259 e. The van der Waals surface area contributed by atoms with Crippen LogP contribution in [0.3, 0.4) is 0 Å². The van der Waals surface area contributed by atoms with Crippen molar-refractivity contribution in [3.05, 3.63) is 33.8 Å². The van der Waals surface area contributed by atoms with Gasteiger partial charge in [-0.2, -0.15) is 0 Å². The summed E-state index contributed by atoms with van der Waals surface area (Å²) in [5.41, 5.74) is -0.517. The lowest BCUT2D eigenvalue weighted by atomic mass is 9.97. The Morgan fingerprint density at radius 2 is 2.00 bits per heavy atom. The molecule has 1 aromatic carbocycles. The highest BCUT2D eigenvalue weighted by molar-refractivity contribution is 9.10. The normalized spacial score (nSPS) is 16.7. The van der Waals surface area contributed by atoms with E-state index in [9.17, 15) is 13.6 Å². The number of aliphatic hydroxyl groups excluding tert-OH is 1. The minimum Gasteiger partial charge on any atom is -0.396 e. The van der Waals surface area contributed by atoms with E-state index < -0.39 is 23.1 Å². The molecule has 1 fully saturated rings. The largest absolute Gasteiger partial charge is 0.396 e. The van der Waals surface area contributed by atoms with Gasteiger partial charge in [-0.05, 0) is 46.8 Å². The van der Waals surface area contributed by atoms with E-state index in [1.54, 1.807) is 0 Å². The molecule has 0 unspecified atom stereocenters. The zero-order chi connectivity index (χ0) is 14.0. The van der Waals surface area contributed by atoms with E-state index in [1.807, 2.05) is 0 Å². The fourth-order valence-corrected chi connectivity index (χ4v) is 2.53. The number of likely N-dealkylation sites (tertiary alicyclic amines) is 1. The molecule has 0 aliphatic carbocycles. The van der Waals surface area contributed by atoms with Crippen LogP contribution in [0, 0.1) is 17.6 Å². The van der Waals surface area contributed by atoms with Crippen molar-refractivity contribution in [3.8, 4) is 0 Å². The van der Waals surface area contributed by atoms with Gasteiger partial charge >= 0.3 is 0 Å². The van der Waals surface area contributed by atoms with Crippen molar-refractivity contribution in [2.45, 2.75) is 12.8 Å². The molecule has 1 aliphatic heterocycles. The summed E-state index contributed by atoms with van der Waals surface area (Å²) >= 11 is 2.95. The summed E-state index contributed by atoms with van der Waals surface area (Å²) in [6.45, 7) is 0.909. The number of amides is 1. The number of carbonyl (C=O) groups is 1. The molecule has 2 rings (SSSR count). The van der Waals surface area contributed by atoms with Crippen LogP contribution in [-0.2, 0) is 0 Å². The van der Waals surface area contributed by atoms with Gasteiger partial charge in [0.1, 0.15) is 11.4 Å². The second kappa shape index (κ2) is 5.96. The predicted octanol–water partition coefficient (Wildman–Crippen LogP) is 2.57. The van der Waals surface area contributed by atoms with Gasteiger partial charge in [-0.3, -0.25) is 4.79 Å². The van der Waals surface area contributed by atoms with Crippen molar-refractivity contribution < 1.29 is 18.7 Å². The van der Waals surface area contributed by atoms with Crippen LogP contribution in [0.2, 0.25) is 0 Å². The molecule has 0 saturated carbocycles. The number of nitrogens with zero attached hydrogens (tertiary/aromatic N) is 1. The maximum atomic E-state index is 13.8. The summed E-state index contributed by atoms with van der Waals surface area (Å²) in [5, 5.41) is 9.03. The van der Waals surface area contributed by atoms with E-state index in [1.165, 1.54) is 11.0 Å². The molecule has 0 bridgehead atoms. The molecule has 1 N–H and O–H groups in total. The maximum absolute atomic E-state index is 13.8. The number of rotatable bonds is 2. The van der Waals surface area contributed by atoms with Gasteiger partial charge in [0, 0.05) is 19.7 Å². The van der Waals surface area contributed by atoms with Crippen LogP contribution in [0.15, 0.2) is 16.6 Å². The Bertz CT molecular complexity index is 488. The second-order valence-electron chi connectivity index (χ2n) is 4.64. The number of hydrogen-bond acceptors (Lipinski definition) is 2. The van der Waals surface area contributed by atoms with E-state index >= 15 is 0 Å². The van der Waals surface area contributed by atoms with Crippen LogP contribution < -0.4 is 0 Å². The van der Waals surface area contributed by atoms with Gasteiger partial charge < -0.3 is 10.0 Å². The molecule has 1 aliphatic rings. The smallest absolute Gasteiger partial charge is 0.259 e. The molecule has 0 atom stereocenters. The predicted molar refractivity (Wildman–Crippen MR) is 69.8 cm³/mol. The molecule has 1 heterocycles. The summed E-state index contributed by atoms with van der Waals surface area (Å²) in [5.74, 6) is -2.18. The molecule has 104 valence electrons. The van der Waals surface area contributed by atoms with Crippen molar-refractivity contribution in [2.24, 2.45) is 5.92 Å².